The molecule has 0 unspecified atom stereocenters. The van der Waals surface area contributed by atoms with Crippen molar-refractivity contribution in [2.75, 3.05) is 32.1 Å². The van der Waals surface area contributed by atoms with E-state index in [0.29, 0.717) is 6.61 Å². The Morgan fingerprint density at radius 2 is 2.06 bits per heavy atom. The predicted molar refractivity (Wildman–Crippen MR) is 71.8 cm³/mol. The zero-order valence-corrected chi connectivity index (χ0v) is 10.8. The maximum absolute atomic E-state index is 12.0. The number of anilines is 1. The van der Waals surface area contributed by atoms with Gasteiger partial charge in [0.25, 0.3) is 0 Å². The molecule has 1 heterocycles. The van der Waals surface area contributed by atoms with Gasteiger partial charge >= 0.3 is 6.03 Å². The highest BCUT2D eigenvalue weighted by Gasteiger charge is 2.18. The van der Waals surface area contributed by atoms with E-state index in [-0.39, 0.29) is 6.03 Å². The fourth-order valence-corrected chi connectivity index (χ4v) is 2.19. The Bertz CT molecular complexity index is 401. The predicted octanol–water partition coefficient (Wildman–Crippen LogP) is 2.50. The number of para-hydroxylation sites is 1. The van der Waals surface area contributed by atoms with E-state index in [1.807, 2.05) is 29.2 Å². The monoisotopic (exact) mass is 248 g/mol. The molecule has 0 atom stereocenters. The van der Waals surface area contributed by atoms with Crippen molar-refractivity contribution in [2.24, 2.45) is 0 Å². The van der Waals surface area contributed by atoms with Gasteiger partial charge in [-0.3, -0.25) is 0 Å². The second-order valence-corrected chi connectivity index (χ2v) is 4.52. The summed E-state index contributed by atoms with van der Waals surface area (Å²) in [6, 6.07) is 7.90. The maximum Gasteiger partial charge on any atom is 0.321 e. The summed E-state index contributed by atoms with van der Waals surface area (Å²) in [7, 11) is 1.69. The van der Waals surface area contributed by atoms with Crippen molar-refractivity contribution in [2.45, 2.75) is 19.3 Å². The molecule has 2 rings (SSSR count). The molecular formula is C14H20N2O2. The highest BCUT2D eigenvalue weighted by atomic mass is 16.5. The highest BCUT2D eigenvalue weighted by molar-refractivity contribution is 5.90. The third kappa shape index (κ3) is 3.23. The zero-order chi connectivity index (χ0) is 12.8. The van der Waals surface area contributed by atoms with E-state index in [1.54, 1.807) is 7.11 Å². The summed E-state index contributed by atoms with van der Waals surface area (Å²) in [5.41, 5.74) is 2.01. The number of benzene rings is 1. The molecule has 1 aliphatic heterocycles. The molecule has 0 bridgehead atoms. The standard InChI is InChI=1S/C14H20N2O2/c1-18-11-8-12-6-2-3-7-13(12)15-14(17)16-9-4-5-10-16/h2-3,6-7H,4-5,8-11H2,1H3,(H,15,17). The lowest BCUT2D eigenvalue weighted by Gasteiger charge is -2.18. The van der Waals surface area contributed by atoms with Crippen molar-refractivity contribution >= 4 is 11.7 Å². The lowest BCUT2D eigenvalue weighted by Crippen LogP contribution is -2.32. The van der Waals surface area contributed by atoms with E-state index in [9.17, 15) is 4.79 Å². The molecular weight excluding hydrogens is 228 g/mol. The third-order valence-electron chi connectivity index (χ3n) is 3.23. The van der Waals surface area contributed by atoms with Crippen LogP contribution in [-0.4, -0.2) is 37.7 Å². The molecule has 1 N–H and O–H groups in total. The number of carbonyl (C=O) groups is 1. The number of hydrogen-bond donors (Lipinski definition) is 1. The van der Waals surface area contributed by atoms with Crippen LogP contribution in [-0.2, 0) is 11.2 Å². The number of rotatable bonds is 4. The quantitative estimate of drug-likeness (QED) is 0.889. The summed E-state index contributed by atoms with van der Waals surface area (Å²) in [6.45, 7) is 2.40. The molecule has 4 heteroatoms. The molecule has 0 aromatic heterocycles. The first-order chi connectivity index (χ1) is 8.81. The van der Waals surface area contributed by atoms with Crippen LogP contribution in [0.25, 0.3) is 0 Å². The van der Waals surface area contributed by atoms with Crippen LogP contribution in [0.15, 0.2) is 24.3 Å². The Balaban J connectivity index is 2.00. The summed E-state index contributed by atoms with van der Waals surface area (Å²) in [5.74, 6) is 0. The Labute approximate surface area is 108 Å². The van der Waals surface area contributed by atoms with Crippen LogP contribution in [0.4, 0.5) is 10.5 Å². The van der Waals surface area contributed by atoms with E-state index in [0.717, 1.165) is 43.6 Å². The zero-order valence-electron chi connectivity index (χ0n) is 10.8. The maximum atomic E-state index is 12.0. The van der Waals surface area contributed by atoms with Crippen molar-refractivity contribution in [3.63, 3.8) is 0 Å². The highest BCUT2D eigenvalue weighted by Crippen LogP contribution is 2.17. The lowest BCUT2D eigenvalue weighted by atomic mass is 10.1. The molecule has 4 nitrogen and oxygen atoms in total. The van der Waals surface area contributed by atoms with Gasteiger partial charge in [0.1, 0.15) is 0 Å². The van der Waals surface area contributed by atoms with Gasteiger partial charge in [-0.15, -0.1) is 0 Å². The molecule has 0 radical (unpaired) electrons. The van der Waals surface area contributed by atoms with Crippen LogP contribution in [0.3, 0.4) is 0 Å². The summed E-state index contributed by atoms with van der Waals surface area (Å²) in [5, 5.41) is 2.99. The molecule has 1 fully saturated rings. The number of nitrogens with zero attached hydrogens (tertiary/aromatic N) is 1. The van der Waals surface area contributed by atoms with Gasteiger partial charge in [0.05, 0.1) is 6.61 Å². The van der Waals surface area contributed by atoms with Gasteiger partial charge in [-0.25, -0.2) is 4.79 Å². The summed E-state index contributed by atoms with van der Waals surface area (Å²) < 4.78 is 5.08. The van der Waals surface area contributed by atoms with Crippen molar-refractivity contribution in [1.29, 1.82) is 0 Å². The van der Waals surface area contributed by atoms with E-state index < -0.39 is 0 Å². The minimum Gasteiger partial charge on any atom is -0.384 e. The van der Waals surface area contributed by atoms with Gasteiger partial charge in [0.2, 0.25) is 0 Å². The van der Waals surface area contributed by atoms with Crippen molar-refractivity contribution in [3.05, 3.63) is 29.8 Å². The molecule has 2 amide bonds. The number of likely N-dealkylation sites (tertiary alicyclic amines) is 1. The fraction of sp³-hybridized carbons (Fsp3) is 0.500. The smallest absolute Gasteiger partial charge is 0.321 e. The molecule has 0 aliphatic carbocycles. The molecule has 18 heavy (non-hydrogen) atoms. The van der Waals surface area contributed by atoms with Crippen LogP contribution < -0.4 is 5.32 Å². The van der Waals surface area contributed by atoms with Crippen molar-refractivity contribution < 1.29 is 9.53 Å². The largest absolute Gasteiger partial charge is 0.384 e. The molecule has 1 aromatic carbocycles. The second-order valence-electron chi connectivity index (χ2n) is 4.52. The average molecular weight is 248 g/mol. The van der Waals surface area contributed by atoms with Crippen LogP contribution in [0.2, 0.25) is 0 Å². The first-order valence-corrected chi connectivity index (χ1v) is 6.44. The minimum absolute atomic E-state index is 0.0115. The first kappa shape index (κ1) is 12.9. The van der Waals surface area contributed by atoms with Crippen molar-refractivity contribution in [1.82, 2.24) is 4.90 Å². The van der Waals surface area contributed by atoms with Crippen LogP contribution in [0.5, 0.6) is 0 Å². The van der Waals surface area contributed by atoms with Gasteiger partial charge in [0, 0.05) is 25.9 Å². The van der Waals surface area contributed by atoms with E-state index in [1.165, 1.54) is 0 Å². The van der Waals surface area contributed by atoms with Gasteiger partial charge < -0.3 is 15.0 Å². The van der Waals surface area contributed by atoms with Crippen molar-refractivity contribution in [3.8, 4) is 0 Å². The Hall–Kier alpha value is -1.55. The molecule has 0 spiro atoms. The Morgan fingerprint density at radius 1 is 1.33 bits per heavy atom. The number of ether oxygens (including phenoxy) is 1. The molecule has 1 saturated heterocycles. The number of amides is 2. The van der Waals surface area contributed by atoms with E-state index in [4.69, 9.17) is 4.74 Å². The molecule has 0 saturated carbocycles. The fourth-order valence-electron chi connectivity index (χ4n) is 2.19. The summed E-state index contributed by atoms with van der Waals surface area (Å²) in [4.78, 5) is 13.9. The summed E-state index contributed by atoms with van der Waals surface area (Å²) >= 11 is 0. The first-order valence-electron chi connectivity index (χ1n) is 6.44. The normalized spacial score (nSPS) is 14.8. The van der Waals surface area contributed by atoms with Crippen LogP contribution >= 0.6 is 0 Å². The summed E-state index contributed by atoms with van der Waals surface area (Å²) in [6.07, 6.45) is 3.03. The minimum atomic E-state index is 0.0115. The number of methoxy groups -OCH3 is 1. The van der Waals surface area contributed by atoms with E-state index >= 15 is 0 Å². The van der Waals surface area contributed by atoms with Gasteiger partial charge in [-0.05, 0) is 30.9 Å². The number of urea groups is 1. The van der Waals surface area contributed by atoms with Gasteiger partial charge in [-0.1, -0.05) is 18.2 Å². The SMILES string of the molecule is COCCc1ccccc1NC(=O)N1CCCC1. The lowest BCUT2D eigenvalue weighted by molar-refractivity contribution is 0.202. The van der Waals surface area contributed by atoms with E-state index in [2.05, 4.69) is 5.32 Å². The van der Waals surface area contributed by atoms with Gasteiger partial charge in [0.15, 0.2) is 0 Å². The number of nitrogens with one attached hydrogen (secondary N) is 1. The Morgan fingerprint density at radius 3 is 2.78 bits per heavy atom. The number of carbonyl (C=O) groups excluding carboxylic acids is 1. The average Bonchev–Trinajstić information content (AvgIpc) is 2.91. The second kappa shape index (κ2) is 6.40. The molecule has 1 aromatic rings. The van der Waals surface area contributed by atoms with Crippen LogP contribution in [0.1, 0.15) is 18.4 Å². The third-order valence-corrected chi connectivity index (χ3v) is 3.23. The molecule has 98 valence electrons. The topological polar surface area (TPSA) is 41.6 Å². The van der Waals surface area contributed by atoms with Crippen LogP contribution in [0, 0.1) is 0 Å². The number of hydrogen-bond acceptors (Lipinski definition) is 2. The van der Waals surface area contributed by atoms with Gasteiger partial charge in [-0.2, -0.15) is 0 Å². The Kier molecular flexibility index (Phi) is 4.59. The molecule has 1 aliphatic rings.